The van der Waals surface area contributed by atoms with Gasteiger partial charge in [-0.3, -0.25) is 0 Å². The second-order valence-corrected chi connectivity index (χ2v) is 10.3. The SMILES string of the molecule is CCNC(=NCc1ccccc1CS(=O)(=O)N1CCOCC1)NC1CCC(C)CC1.I. The van der Waals surface area contributed by atoms with E-state index in [9.17, 15) is 8.42 Å². The van der Waals surface area contributed by atoms with Crippen molar-refractivity contribution < 1.29 is 13.2 Å². The molecular weight excluding hydrogens is 527 g/mol. The summed E-state index contributed by atoms with van der Waals surface area (Å²) in [5.41, 5.74) is 1.76. The second kappa shape index (κ2) is 13.0. The van der Waals surface area contributed by atoms with Gasteiger partial charge in [0.15, 0.2) is 5.96 Å². The Morgan fingerprint density at radius 1 is 1.13 bits per heavy atom. The average Bonchev–Trinajstić information content (AvgIpc) is 2.75. The van der Waals surface area contributed by atoms with Gasteiger partial charge in [-0.1, -0.05) is 31.2 Å². The Labute approximate surface area is 204 Å². The molecule has 0 atom stereocenters. The minimum absolute atomic E-state index is 0. The van der Waals surface area contributed by atoms with Gasteiger partial charge in [0.1, 0.15) is 0 Å². The van der Waals surface area contributed by atoms with E-state index >= 15 is 0 Å². The summed E-state index contributed by atoms with van der Waals surface area (Å²) < 4.78 is 32.5. The molecule has 0 aromatic heterocycles. The largest absolute Gasteiger partial charge is 0.379 e. The molecule has 176 valence electrons. The number of aliphatic imine (C=N–C) groups is 1. The molecule has 2 fully saturated rings. The summed E-state index contributed by atoms with van der Waals surface area (Å²) in [6.45, 7) is 7.40. The number of ether oxygens (including phenoxy) is 1. The molecule has 31 heavy (non-hydrogen) atoms. The van der Waals surface area contributed by atoms with Gasteiger partial charge >= 0.3 is 0 Å². The van der Waals surface area contributed by atoms with Crippen molar-refractivity contribution in [1.29, 1.82) is 0 Å². The first-order valence-corrected chi connectivity index (χ1v) is 12.8. The van der Waals surface area contributed by atoms with Gasteiger partial charge in [0.05, 0.1) is 25.5 Å². The van der Waals surface area contributed by atoms with Crippen LogP contribution in [0.4, 0.5) is 0 Å². The van der Waals surface area contributed by atoms with E-state index in [4.69, 9.17) is 9.73 Å². The molecule has 1 heterocycles. The molecule has 0 unspecified atom stereocenters. The van der Waals surface area contributed by atoms with Crippen molar-refractivity contribution in [1.82, 2.24) is 14.9 Å². The van der Waals surface area contributed by atoms with E-state index in [1.54, 1.807) is 0 Å². The molecule has 3 rings (SSSR count). The molecule has 0 bridgehead atoms. The lowest BCUT2D eigenvalue weighted by molar-refractivity contribution is 0.0729. The van der Waals surface area contributed by atoms with Crippen LogP contribution in [0.1, 0.15) is 50.7 Å². The third-order valence-corrected chi connectivity index (χ3v) is 7.76. The minimum atomic E-state index is -3.36. The van der Waals surface area contributed by atoms with Crippen molar-refractivity contribution in [2.75, 3.05) is 32.8 Å². The molecule has 2 aliphatic rings. The van der Waals surface area contributed by atoms with Crippen LogP contribution in [0.3, 0.4) is 0 Å². The first-order chi connectivity index (χ1) is 14.5. The van der Waals surface area contributed by atoms with E-state index in [-0.39, 0.29) is 29.7 Å². The molecule has 1 aromatic carbocycles. The smallest absolute Gasteiger partial charge is 0.218 e. The monoisotopic (exact) mass is 564 g/mol. The van der Waals surface area contributed by atoms with Crippen molar-refractivity contribution in [3.8, 4) is 0 Å². The van der Waals surface area contributed by atoms with Crippen molar-refractivity contribution in [2.24, 2.45) is 10.9 Å². The van der Waals surface area contributed by atoms with Crippen LogP contribution < -0.4 is 10.6 Å². The molecule has 0 radical (unpaired) electrons. The molecule has 0 amide bonds. The summed E-state index contributed by atoms with van der Waals surface area (Å²) in [7, 11) is -3.36. The van der Waals surface area contributed by atoms with E-state index in [2.05, 4.69) is 24.5 Å². The highest BCUT2D eigenvalue weighted by atomic mass is 127. The molecule has 2 N–H and O–H groups in total. The molecule has 9 heteroatoms. The fourth-order valence-electron chi connectivity index (χ4n) is 4.05. The summed E-state index contributed by atoms with van der Waals surface area (Å²) in [6.07, 6.45) is 4.83. The summed E-state index contributed by atoms with van der Waals surface area (Å²) in [4.78, 5) is 4.77. The van der Waals surface area contributed by atoms with Crippen LogP contribution in [0.15, 0.2) is 29.3 Å². The summed E-state index contributed by atoms with van der Waals surface area (Å²) in [5, 5.41) is 6.89. The number of nitrogens with zero attached hydrogens (tertiary/aromatic N) is 2. The number of guanidine groups is 1. The maximum Gasteiger partial charge on any atom is 0.218 e. The standard InChI is InChI=1S/C22H36N4O3S.HI/c1-3-23-22(25-21-10-8-18(2)9-11-21)24-16-19-6-4-5-7-20(19)17-30(27,28)26-12-14-29-15-13-26;/h4-7,18,21H,3,8-17H2,1-2H3,(H2,23,24,25);1H. The quantitative estimate of drug-likeness (QED) is 0.302. The zero-order chi connectivity index (χ0) is 21.4. The fourth-order valence-corrected chi connectivity index (χ4v) is 5.61. The lowest BCUT2D eigenvalue weighted by Gasteiger charge is -2.28. The van der Waals surface area contributed by atoms with Crippen LogP contribution in [0, 0.1) is 5.92 Å². The van der Waals surface area contributed by atoms with E-state index < -0.39 is 10.0 Å². The Hall–Kier alpha value is -0.910. The number of hydrogen-bond donors (Lipinski definition) is 2. The highest BCUT2D eigenvalue weighted by molar-refractivity contribution is 14.0. The van der Waals surface area contributed by atoms with Crippen LogP contribution in [0.5, 0.6) is 0 Å². The number of halogens is 1. The van der Waals surface area contributed by atoms with E-state index in [0.717, 1.165) is 29.5 Å². The predicted octanol–water partition coefficient (Wildman–Crippen LogP) is 3.10. The van der Waals surface area contributed by atoms with E-state index in [1.807, 2.05) is 24.3 Å². The summed E-state index contributed by atoms with van der Waals surface area (Å²) >= 11 is 0. The number of nitrogens with one attached hydrogen (secondary N) is 2. The van der Waals surface area contributed by atoms with Crippen LogP contribution in [0.2, 0.25) is 0 Å². The zero-order valence-electron chi connectivity index (χ0n) is 18.7. The molecular formula is C22H37IN4O3S. The van der Waals surface area contributed by atoms with Gasteiger partial charge in [-0.05, 0) is 49.7 Å². The number of benzene rings is 1. The summed E-state index contributed by atoms with van der Waals surface area (Å²) in [5.74, 6) is 1.62. The summed E-state index contributed by atoms with van der Waals surface area (Å²) in [6, 6.07) is 8.16. The van der Waals surface area contributed by atoms with Gasteiger partial charge in [0.2, 0.25) is 10.0 Å². The number of rotatable bonds is 7. The van der Waals surface area contributed by atoms with Crippen LogP contribution in [0.25, 0.3) is 0 Å². The lowest BCUT2D eigenvalue weighted by atomic mass is 9.87. The predicted molar refractivity (Wildman–Crippen MR) is 136 cm³/mol. The first-order valence-electron chi connectivity index (χ1n) is 11.1. The maximum atomic E-state index is 12.8. The molecule has 1 saturated heterocycles. The Kier molecular flexibility index (Phi) is 11.0. The molecule has 0 spiro atoms. The zero-order valence-corrected chi connectivity index (χ0v) is 21.8. The van der Waals surface area contributed by atoms with Crippen molar-refractivity contribution in [3.63, 3.8) is 0 Å². The highest BCUT2D eigenvalue weighted by Gasteiger charge is 2.25. The average molecular weight is 565 g/mol. The van der Waals surface area contributed by atoms with E-state index in [0.29, 0.717) is 38.9 Å². The Bertz CT molecular complexity index is 805. The molecule has 1 aliphatic carbocycles. The Balaban J connectivity index is 0.00000341. The third-order valence-electron chi connectivity index (χ3n) is 5.93. The number of sulfonamides is 1. The van der Waals surface area contributed by atoms with Gasteiger partial charge in [-0.15, -0.1) is 24.0 Å². The number of morpholine rings is 1. The minimum Gasteiger partial charge on any atom is -0.379 e. The van der Waals surface area contributed by atoms with Gasteiger partial charge < -0.3 is 15.4 Å². The van der Waals surface area contributed by atoms with Crippen LogP contribution >= 0.6 is 24.0 Å². The Morgan fingerprint density at radius 3 is 2.42 bits per heavy atom. The van der Waals surface area contributed by atoms with Crippen LogP contribution in [-0.2, 0) is 27.1 Å². The highest BCUT2D eigenvalue weighted by Crippen LogP contribution is 2.23. The fraction of sp³-hybridized carbons (Fsp3) is 0.682. The van der Waals surface area contributed by atoms with Gasteiger partial charge in [-0.2, -0.15) is 4.31 Å². The first kappa shape index (κ1) is 26.3. The lowest BCUT2D eigenvalue weighted by Crippen LogP contribution is -2.44. The van der Waals surface area contributed by atoms with Gasteiger partial charge in [0.25, 0.3) is 0 Å². The Morgan fingerprint density at radius 2 is 1.77 bits per heavy atom. The normalized spacial score (nSPS) is 23.1. The molecule has 1 saturated carbocycles. The van der Waals surface area contributed by atoms with Crippen LogP contribution in [-0.4, -0.2) is 57.6 Å². The van der Waals surface area contributed by atoms with Gasteiger partial charge in [-0.25, -0.2) is 13.4 Å². The van der Waals surface area contributed by atoms with E-state index in [1.165, 1.54) is 30.0 Å². The molecule has 7 nitrogen and oxygen atoms in total. The molecule has 1 aliphatic heterocycles. The molecule has 1 aromatic rings. The maximum absolute atomic E-state index is 12.8. The second-order valence-electron chi connectivity index (χ2n) is 8.33. The third kappa shape index (κ3) is 8.18. The van der Waals surface area contributed by atoms with Crippen molar-refractivity contribution >= 4 is 40.0 Å². The topological polar surface area (TPSA) is 83.0 Å². The van der Waals surface area contributed by atoms with Gasteiger partial charge in [0, 0.05) is 25.7 Å². The van der Waals surface area contributed by atoms with Crippen molar-refractivity contribution in [3.05, 3.63) is 35.4 Å². The van der Waals surface area contributed by atoms with Crippen molar-refractivity contribution in [2.45, 2.75) is 57.9 Å². The number of hydrogen-bond acceptors (Lipinski definition) is 4.